The highest BCUT2D eigenvalue weighted by Crippen LogP contribution is 2.17. The van der Waals surface area contributed by atoms with Crippen LogP contribution in [0.2, 0.25) is 0 Å². The van der Waals surface area contributed by atoms with E-state index in [0.717, 1.165) is 16.9 Å². The van der Waals surface area contributed by atoms with Crippen molar-refractivity contribution in [3.63, 3.8) is 0 Å². The van der Waals surface area contributed by atoms with E-state index in [-0.39, 0.29) is 5.17 Å². The number of nitrogens with one attached hydrogen (secondary N) is 1. The lowest BCUT2D eigenvalue weighted by Gasteiger charge is -2.06. The second-order valence-corrected chi connectivity index (χ2v) is 4.28. The number of nitrogens with zero attached hydrogens (tertiary/aromatic N) is 1. The molecule has 92 valence electrons. The van der Waals surface area contributed by atoms with Gasteiger partial charge in [0.15, 0.2) is 0 Å². The molecule has 0 spiro atoms. The van der Waals surface area contributed by atoms with E-state index in [2.05, 4.69) is 10.5 Å². The van der Waals surface area contributed by atoms with Crippen molar-refractivity contribution in [3.05, 3.63) is 60.2 Å². The second-order valence-electron chi connectivity index (χ2n) is 3.84. The van der Waals surface area contributed by atoms with Gasteiger partial charge in [0, 0.05) is 17.8 Å². The first-order chi connectivity index (χ1) is 8.78. The third-order valence-electron chi connectivity index (χ3n) is 2.47. The van der Waals surface area contributed by atoms with E-state index in [4.69, 9.17) is 16.8 Å². The number of halogens is 1. The van der Waals surface area contributed by atoms with E-state index in [9.17, 15) is 0 Å². The summed E-state index contributed by atoms with van der Waals surface area (Å²) in [6.07, 6.45) is 0.434. The molecule has 2 aromatic rings. The van der Waals surface area contributed by atoms with E-state index in [1.165, 1.54) is 0 Å². The van der Waals surface area contributed by atoms with Gasteiger partial charge >= 0.3 is 0 Å². The van der Waals surface area contributed by atoms with Crippen LogP contribution in [0.15, 0.2) is 59.8 Å². The standard InChI is InChI=1S/C14H13ClN2O/c15-14(17-18)10-11-6-8-13(9-7-11)16-12-4-2-1-3-5-12/h1-9,16,18H,10H2/b17-14+. The number of benzene rings is 2. The number of oxime groups is 1. The molecule has 0 saturated carbocycles. The zero-order valence-corrected chi connectivity index (χ0v) is 10.4. The molecular formula is C14H13ClN2O. The van der Waals surface area contributed by atoms with Crippen LogP contribution in [-0.2, 0) is 6.42 Å². The minimum atomic E-state index is 0.179. The van der Waals surface area contributed by atoms with Gasteiger partial charge in [-0.05, 0) is 29.8 Å². The number of rotatable bonds is 4. The summed E-state index contributed by atoms with van der Waals surface area (Å²) in [6.45, 7) is 0. The van der Waals surface area contributed by atoms with Gasteiger partial charge in [-0.3, -0.25) is 0 Å². The molecular weight excluding hydrogens is 248 g/mol. The third kappa shape index (κ3) is 3.50. The van der Waals surface area contributed by atoms with Gasteiger partial charge in [0.2, 0.25) is 0 Å². The molecule has 0 heterocycles. The highest BCUT2D eigenvalue weighted by Gasteiger charge is 1.99. The highest BCUT2D eigenvalue weighted by molar-refractivity contribution is 6.65. The zero-order chi connectivity index (χ0) is 12.8. The number of para-hydroxylation sites is 1. The van der Waals surface area contributed by atoms with E-state index in [0.29, 0.717) is 6.42 Å². The average Bonchev–Trinajstić information content (AvgIpc) is 2.42. The third-order valence-corrected chi connectivity index (χ3v) is 2.68. The van der Waals surface area contributed by atoms with Crippen molar-refractivity contribution in [2.24, 2.45) is 5.16 Å². The molecule has 3 nitrogen and oxygen atoms in total. The minimum absolute atomic E-state index is 0.179. The van der Waals surface area contributed by atoms with Crippen molar-refractivity contribution in [3.8, 4) is 0 Å². The van der Waals surface area contributed by atoms with Crippen LogP contribution in [0.4, 0.5) is 11.4 Å². The molecule has 0 atom stereocenters. The lowest BCUT2D eigenvalue weighted by Crippen LogP contribution is -1.95. The van der Waals surface area contributed by atoms with Crippen molar-refractivity contribution in [2.75, 3.05) is 5.32 Å². The van der Waals surface area contributed by atoms with Gasteiger partial charge in [-0.15, -0.1) is 0 Å². The molecule has 0 unspecified atom stereocenters. The predicted octanol–water partition coefficient (Wildman–Crippen LogP) is 4.00. The Morgan fingerprint density at radius 1 is 1.00 bits per heavy atom. The molecule has 0 saturated heterocycles. The second kappa shape index (κ2) is 6.07. The topological polar surface area (TPSA) is 44.6 Å². The van der Waals surface area contributed by atoms with Crippen molar-refractivity contribution >= 4 is 28.1 Å². The maximum atomic E-state index is 8.49. The monoisotopic (exact) mass is 260 g/mol. The Kier molecular flexibility index (Phi) is 4.20. The Labute approximate surface area is 111 Å². The normalized spacial score (nSPS) is 11.3. The summed E-state index contributed by atoms with van der Waals surface area (Å²) in [7, 11) is 0. The molecule has 2 N–H and O–H groups in total. The summed E-state index contributed by atoms with van der Waals surface area (Å²) >= 11 is 5.65. The highest BCUT2D eigenvalue weighted by atomic mass is 35.5. The first-order valence-electron chi connectivity index (χ1n) is 5.55. The molecule has 2 aromatic carbocycles. The van der Waals surface area contributed by atoms with Crippen molar-refractivity contribution < 1.29 is 5.21 Å². The number of hydrogen-bond acceptors (Lipinski definition) is 3. The van der Waals surface area contributed by atoms with E-state index in [1.54, 1.807) is 0 Å². The predicted molar refractivity (Wildman–Crippen MR) is 74.9 cm³/mol. The van der Waals surface area contributed by atoms with Gasteiger partial charge in [0.25, 0.3) is 0 Å². The molecule has 18 heavy (non-hydrogen) atoms. The summed E-state index contributed by atoms with van der Waals surface area (Å²) in [4.78, 5) is 0. The Balaban J connectivity index is 2.04. The van der Waals surface area contributed by atoms with Crippen molar-refractivity contribution in [2.45, 2.75) is 6.42 Å². The van der Waals surface area contributed by atoms with E-state index in [1.807, 2.05) is 54.6 Å². The summed E-state index contributed by atoms with van der Waals surface area (Å²) < 4.78 is 0. The van der Waals surface area contributed by atoms with Crippen LogP contribution < -0.4 is 5.32 Å². The number of anilines is 2. The summed E-state index contributed by atoms with van der Waals surface area (Å²) in [5.74, 6) is 0. The lowest BCUT2D eigenvalue weighted by molar-refractivity contribution is 0.319. The molecule has 0 aliphatic carbocycles. The molecule has 0 aromatic heterocycles. The Morgan fingerprint density at radius 3 is 2.22 bits per heavy atom. The molecule has 0 amide bonds. The van der Waals surface area contributed by atoms with E-state index < -0.39 is 0 Å². The van der Waals surface area contributed by atoms with Crippen molar-refractivity contribution in [1.29, 1.82) is 0 Å². The Morgan fingerprint density at radius 2 is 1.61 bits per heavy atom. The Bertz CT molecular complexity index is 523. The van der Waals surface area contributed by atoms with Gasteiger partial charge in [-0.2, -0.15) is 0 Å². The summed E-state index contributed by atoms with van der Waals surface area (Å²) in [5, 5.41) is 14.9. The first kappa shape index (κ1) is 12.5. The maximum Gasteiger partial charge on any atom is 0.149 e. The smallest absolute Gasteiger partial charge is 0.149 e. The number of hydrogen-bond donors (Lipinski definition) is 2. The van der Waals surface area contributed by atoms with E-state index >= 15 is 0 Å². The van der Waals surface area contributed by atoms with Gasteiger partial charge in [0.05, 0.1) is 0 Å². The largest absolute Gasteiger partial charge is 0.410 e. The lowest BCUT2D eigenvalue weighted by atomic mass is 10.1. The molecule has 0 radical (unpaired) electrons. The van der Waals surface area contributed by atoms with Crippen LogP contribution in [0.25, 0.3) is 0 Å². The summed E-state index contributed by atoms with van der Waals surface area (Å²) in [6, 6.07) is 17.8. The van der Waals surface area contributed by atoms with Gasteiger partial charge in [-0.25, -0.2) is 0 Å². The van der Waals surface area contributed by atoms with Crippen LogP contribution in [0.1, 0.15) is 5.56 Å². The van der Waals surface area contributed by atoms with Crippen LogP contribution in [0.5, 0.6) is 0 Å². The fourth-order valence-corrected chi connectivity index (χ4v) is 1.75. The first-order valence-corrected chi connectivity index (χ1v) is 5.93. The Hall–Kier alpha value is -2.00. The van der Waals surface area contributed by atoms with Crippen LogP contribution in [0.3, 0.4) is 0 Å². The molecule has 0 aliphatic rings. The zero-order valence-electron chi connectivity index (χ0n) is 9.68. The molecule has 0 fully saturated rings. The molecule has 0 bridgehead atoms. The molecule has 2 rings (SSSR count). The molecule has 4 heteroatoms. The summed E-state index contributed by atoms with van der Waals surface area (Å²) in [5.41, 5.74) is 3.04. The fourth-order valence-electron chi connectivity index (χ4n) is 1.60. The maximum absolute atomic E-state index is 8.49. The van der Waals surface area contributed by atoms with Crippen molar-refractivity contribution in [1.82, 2.24) is 0 Å². The SMILES string of the molecule is O/N=C(/Cl)Cc1ccc(Nc2ccccc2)cc1. The van der Waals surface area contributed by atoms with Crippen LogP contribution >= 0.6 is 11.6 Å². The van der Waals surface area contributed by atoms with Crippen LogP contribution in [0, 0.1) is 0 Å². The average molecular weight is 261 g/mol. The van der Waals surface area contributed by atoms with Crippen LogP contribution in [-0.4, -0.2) is 10.4 Å². The fraction of sp³-hybridized carbons (Fsp3) is 0.0714. The molecule has 0 aliphatic heterocycles. The van der Waals surface area contributed by atoms with Gasteiger partial charge in [-0.1, -0.05) is 47.1 Å². The van der Waals surface area contributed by atoms with Gasteiger partial charge in [0.1, 0.15) is 5.17 Å². The van der Waals surface area contributed by atoms with Gasteiger partial charge < -0.3 is 10.5 Å². The quantitative estimate of drug-likeness (QED) is 0.496. The minimum Gasteiger partial charge on any atom is -0.410 e.